The molecule has 6 heteroatoms. The van der Waals surface area contributed by atoms with Crippen LogP contribution in [-0.2, 0) is 9.53 Å². The van der Waals surface area contributed by atoms with E-state index in [1.54, 1.807) is 36.3 Å². The molecule has 1 N–H and O–H groups in total. The molecule has 0 bridgehead atoms. The summed E-state index contributed by atoms with van der Waals surface area (Å²) in [5, 5.41) is 3.53. The number of ether oxygens (including phenoxy) is 1. The molecule has 1 fully saturated rings. The van der Waals surface area contributed by atoms with E-state index >= 15 is 0 Å². The second kappa shape index (κ2) is 9.90. The van der Waals surface area contributed by atoms with Crippen molar-refractivity contribution in [1.82, 2.24) is 10.2 Å². The summed E-state index contributed by atoms with van der Waals surface area (Å²) in [5.74, 6) is -0.447. The lowest BCUT2D eigenvalue weighted by atomic mass is 9.88. The van der Waals surface area contributed by atoms with Gasteiger partial charge in [0.05, 0.1) is 5.92 Å². The summed E-state index contributed by atoms with van der Waals surface area (Å²) in [6.07, 6.45) is 0.759. The predicted molar refractivity (Wildman–Crippen MR) is 114 cm³/mol. The third-order valence-electron chi connectivity index (χ3n) is 5.35. The molecule has 0 spiro atoms. The Hall–Kier alpha value is -2.37. The Morgan fingerprint density at radius 1 is 1.17 bits per heavy atom. The van der Waals surface area contributed by atoms with Gasteiger partial charge in [-0.1, -0.05) is 47.5 Å². The number of carbonyl (C=O) groups is 2. The fourth-order valence-corrected chi connectivity index (χ4v) is 3.94. The highest BCUT2D eigenvalue weighted by Gasteiger charge is 2.40. The first-order valence-corrected chi connectivity index (χ1v) is 10.3. The molecule has 1 saturated heterocycles. The summed E-state index contributed by atoms with van der Waals surface area (Å²) in [7, 11) is 1.64. The molecule has 2 aromatic carbocycles. The zero-order valence-corrected chi connectivity index (χ0v) is 17.6. The minimum absolute atomic E-state index is 0.0203. The molecule has 0 saturated carbocycles. The molecule has 0 radical (unpaired) electrons. The fraction of sp³-hybridized carbons (Fsp3) is 0.391. The van der Waals surface area contributed by atoms with Crippen LogP contribution in [0.25, 0.3) is 0 Å². The Kier molecular flexibility index (Phi) is 7.29. The van der Waals surface area contributed by atoms with Gasteiger partial charge in [0.1, 0.15) is 0 Å². The van der Waals surface area contributed by atoms with Crippen LogP contribution in [0, 0.1) is 12.8 Å². The maximum absolute atomic E-state index is 13.0. The van der Waals surface area contributed by atoms with Crippen molar-refractivity contribution >= 4 is 23.4 Å². The van der Waals surface area contributed by atoms with Crippen molar-refractivity contribution in [3.63, 3.8) is 0 Å². The first kappa shape index (κ1) is 21.3. The number of benzene rings is 2. The number of rotatable bonds is 7. The predicted octanol–water partition coefficient (Wildman–Crippen LogP) is 3.66. The van der Waals surface area contributed by atoms with Gasteiger partial charge in [-0.3, -0.25) is 9.59 Å². The quantitative estimate of drug-likeness (QED) is 0.703. The number of hydrogen-bond acceptors (Lipinski definition) is 3. The minimum atomic E-state index is -0.289. The summed E-state index contributed by atoms with van der Waals surface area (Å²) in [4.78, 5) is 27.7. The van der Waals surface area contributed by atoms with Gasteiger partial charge in [0.25, 0.3) is 5.91 Å². The van der Waals surface area contributed by atoms with Gasteiger partial charge >= 0.3 is 0 Å². The van der Waals surface area contributed by atoms with Gasteiger partial charge < -0.3 is 15.0 Å². The number of likely N-dealkylation sites (tertiary alicyclic amines) is 1. The zero-order chi connectivity index (χ0) is 20.8. The minimum Gasteiger partial charge on any atom is -0.385 e. The van der Waals surface area contributed by atoms with Crippen molar-refractivity contribution in [1.29, 1.82) is 0 Å². The monoisotopic (exact) mass is 414 g/mol. The summed E-state index contributed by atoms with van der Waals surface area (Å²) in [6.45, 7) is 4.09. The van der Waals surface area contributed by atoms with Crippen molar-refractivity contribution in [2.24, 2.45) is 5.92 Å². The van der Waals surface area contributed by atoms with E-state index in [1.807, 2.05) is 19.1 Å². The Labute approximate surface area is 177 Å². The van der Waals surface area contributed by atoms with E-state index < -0.39 is 0 Å². The topological polar surface area (TPSA) is 58.6 Å². The molecule has 0 aromatic heterocycles. The van der Waals surface area contributed by atoms with E-state index in [9.17, 15) is 9.59 Å². The largest absolute Gasteiger partial charge is 0.385 e. The van der Waals surface area contributed by atoms with E-state index in [4.69, 9.17) is 16.3 Å². The van der Waals surface area contributed by atoms with Crippen LogP contribution >= 0.6 is 11.6 Å². The maximum atomic E-state index is 13.0. The SMILES string of the molecule is COCCCNC(=O)[C@H]1CN(C(=O)c2cccc(Cl)c2)C[C@H]1c1ccc(C)cc1. The summed E-state index contributed by atoms with van der Waals surface area (Å²) < 4.78 is 5.04. The van der Waals surface area contributed by atoms with Crippen molar-refractivity contribution in [3.05, 3.63) is 70.2 Å². The van der Waals surface area contributed by atoms with Crippen molar-refractivity contribution in [2.45, 2.75) is 19.3 Å². The molecule has 154 valence electrons. The van der Waals surface area contributed by atoms with E-state index in [-0.39, 0.29) is 23.7 Å². The van der Waals surface area contributed by atoms with Crippen molar-refractivity contribution < 1.29 is 14.3 Å². The lowest BCUT2D eigenvalue weighted by Gasteiger charge is -2.18. The lowest BCUT2D eigenvalue weighted by Crippen LogP contribution is -2.36. The Morgan fingerprint density at radius 3 is 2.62 bits per heavy atom. The normalized spacial score (nSPS) is 18.7. The molecule has 2 atom stereocenters. The molecular weight excluding hydrogens is 388 g/mol. The van der Waals surface area contributed by atoms with Crippen LogP contribution in [0.4, 0.5) is 0 Å². The summed E-state index contributed by atoms with van der Waals surface area (Å²) in [5.41, 5.74) is 2.79. The number of amides is 2. The molecule has 2 aromatic rings. The molecule has 5 nitrogen and oxygen atoms in total. The van der Waals surface area contributed by atoms with Gasteiger partial charge in [-0.25, -0.2) is 0 Å². The van der Waals surface area contributed by atoms with Gasteiger partial charge in [0.15, 0.2) is 0 Å². The van der Waals surface area contributed by atoms with Crippen molar-refractivity contribution in [3.8, 4) is 0 Å². The highest BCUT2D eigenvalue weighted by molar-refractivity contribution is 6.30. The van der Waals surface area contributed by atoms with Gasteiger partial charge in [-0.15, -0.1) is 0 Å². The first-order chi connectivity index (χ1) is 14.0. The van der Waals surface area contributed by atoms with Crippen LogP contribution in [-0.4, -0.2) is 50.1 Å². The number of methoxy groups -OCH3 is 1. The highest BCUT2D eigenvalue weighted by Crippen LogP contribution is 2.34. The standard InChI is InChI=1S/C23H27ClN2O3/c1-16-7-9-17(10-8-16)20-14-26(23(28)18-5-3-6-19(24)13-18)15-21(20)22(27)25-11-4-12-29-2/h3,5-10,13,20-21H,4,11-12,14-15H2,1-2H3,(H,25,27)/t20-,21-/m0/s1. The molecular formula is C23H27ClN2O3. The van der Waals surface area contributed by atoms with E-state index in [0.717, 1.165) is 12.0 Å². The van der Waals surface area contributed by atoms with E-state index in [1.165, 1.54) is 5.56 Å². The summed E-state index contributed by atoms with van der Waals surface area (Å²) >= 11 is 6.05. The second-order valence-electron chi connectivity index (χ2n) is 7.48. The summed E-state index contributed by atoms with van der Waals surface area (Å²) in [6, 6.07) is 15.1. The fourth-order valence-electron chi connectivity index (χ4n) is 3.75. The zero-order valence-electron chi connectivity index (χ0n) is 16.9. The number of nitrogens with one attached hydrogen (secondary N) is 1. The molecule has 29 heavy (non-hydrogen) atoms. The average Bonchev–Trinajstić information content (AvgIpc) is 3.16. The molecule has 1 heterocycles. The third kappa shape index (κ3) is 5.37. The van der Waals surface area contributed by atoms with Crippen LogP contribution in [0.15, 0.2) is 48.5 Å². The Morgan fingerprint density at radius 2 is 1.93 bits per heavy atom. The van der Waals surface area contributed by atoms with Gasteiger partial charge in [0.2, 0.25) is 5.91 Å². The smallest absolute Gasteiger partial charge is 0.253 e. The van der Waals surface area contributed by atoms with Crippen molar-refractivity contribution in [2.75, 3.05) is 33.4 Å². The van der Waals surface area contributed by atoms with Crippen LogP contribution in [0.3, 0.4) is 0 Å². The Bertz CT molecular complexity index is 853. The lowest BCUT2D eigenvalue weighted by molar-refractivity contribution is -0.124. The van der Waals surface area contributed by atoms with Gasteiger partial charge in [0, 0.05) is 49.9 Å². The maximum Gasteiger partial charge on any atom is 0.253 e. The van der Waals surface area contributed by atoms with Crippen LogP contribution in [0.2, 0.25) is 5.02 Å². The number of hydrogen-bond donors (Lipinski definition) is 1. The number of nitrogens with zero attached hydrogens (tertiary/aromatic N) is 1. The van der Waals surface area contributed by atoms with E-state index in [0.29, 0.717) is 36.8 Å². The highest BCUT2D eigenvalue weighted by atomic mass is 35.5. The van der Waals surface area contributed by atoms with Crippen LogP contribution < -0.4 is 5.32 Å². The van der Waals surface area contributed by atoms with Gasteiger partial charge in [-0.2, -0.15) is 0 Å². The van der Waals surface area contributed by atoms with Crippen LogP contribution in [0.1, 0.15) is 33.8 Å². The number of aryl methyl sites for hydroxylation is 1. The molecule has 1 aliphatic rings. The molecule has 1 aliphatic heterocycles. The second-order valence-corrected chi connectivity index (χ2v) is 7.92. The van der Waals surface area contributed by atoms with E-state index in [2.05, 4.69) is 17.4 Å². The first-order valence-electron chi connectivity index (χ1n) is 9.87. The third-order valence-corrected chi connectivity index (χ3v) is 5.58. The molecule has 3 rings (SSSR count). The van der Waals surface area contributed by atoms with Crippen LogP contribution in [0.5, 0.6) is 0 Å². The molecule has 0 unspecified atom stereocenters. The Balaban J connectivity index is 1.78. The molecule has 0 aliphatic carbocycles. The number of carbonyl (C=O) groups excluding carboxylic acids is 2. The number of halogens is 1. The van der Waals surface area contributed by atoms with Gasteiger partial charge in [-0.05, 0) is 37.1 Å². The average molecular weight is 415 g/mol. The molecule has 2 amide bonds.